The van der Waals surface area contributed by atoms with Crippen LogP contribution in [0, 0.1) is 0 Å². The molecule has 1 amide bonds. The van der Waals surface area contributed by atoms with E-state index in [2.05, 4.69) is 4.74 Å². The summed E-state index contributed by atoms with van der Waals surface area (Å²) in [7, 11) is -6.98. The number of methoxy groups -OCH3 is 1. The molecule has 0 saturated carbocycles. The maximum Gasteiger partial charge on any atom is 0.422 e. The minimum absolute atomic E-state index is 0.203. The van der Waals surface area contributed by atoms with E-state index in [4.69, 9.17) is 0 Å². The van der Waals surface area contributed by atoms with Gasteiger partial charge in [-0.2, -0.15) is 8.42 Å². The SMILES string of the molecule is COC(=O)NS(=O)(=O)Nc1cc(S(C)(=O)=O)ccc1O. The molecule has 0 aromatic heterocycles. The number of carbonyl (C=O) groups is 1. The van der Waals surface area contributed by atoms with Crippen LogP contribution in [0.3, 0.4) is 0 Å². The number of phenolic OH excluding ortho intramolecular Hbond substituents is 1. The first-order chi connectivity index (χ1) is 9.05. The lowest BCUT2D eigenvalue weighted by Gasteiger charge is -2.10. The molecule has 0 aliphatic carbocycles. The molecule has 20 heavy (non-hydrogen) atoms. The zero-order chi connectivity index (χ0) is 15.6. The van der Waals surface area contributed by atoms with E-state index < -0.39 is 37.6 Å². The van der Waals surface area contributed by atoms with E-state index in [9.17, 15) is 26.7 Å². The van der Waals surface area contributed by atoms with Crippen LogP contribution < -0.4 is 9.44 Å². The lowest BCUT2D eigenvalue weighted by atomic mass is 10.3. The fraction of sp³-hybridized carbons (Fsp3) is 0.222. The Kier molecular flexibility index (Phi) is 4.45. The number of hydrogen-bond acceptors (Lipinski definition) is 7. The Morgan fingerprint density at radius 1 is 1.25 bits per heavy atom. The van der Waals surface area contributed by atoms with Crippen molar-refractivity contribution in [3.05, 3.63) is 18.2 Å². The molecule has 0 radical (unpaired) electrons. The number of aromatic hydroxyl groups is 1. The van der Waals surface area contributed by atoms with Crippen LogP contribution in [0.1, 0.15) is 0 Å². The summed E-state index contributed by atoms with van der Waals surface area (Å²) in [6, 6.07) is 3.03. The van der Waals surface area contributed by atoms with E-state index in [0.717, 1.165) is 31.6 Å². The number of anilines is 1. The van der Waals surface area contributed by atoms with Gasteiger partial charge in [-0.25, -0.2) is 17.9 Å². The molecule has 0 aliphatic rings. The number of benzene rings is 1. The van der Waals surface area contributed by atoms with Gasteiger partial charge in [0.15, 0.2) is 9.84 Å². The van der Waals surface area contributed by atoms with Gasteiger partial charge in [0.25, 0.3) is 0 Å². The number of ether oxygens (including phenoxy) is 1. The van der Waals surface area contributed by atoms with Gasteiger partial charge in [-0.3, -0.25) is 4.72 Å². The Morgan fingerprint density at radius 3 is 2.35 bits per heavy atom. The second-order valence-corrected chi connectivity index (χ2v) is 7.08. The monoisotopic (exact) mass is 324 g/mol. The summed E-state index contributed by atoms with van der Waals surface area (Å²) in [5, 5.41) is 9.49. The highest BCUT2D eigenvalue weighted by atomic mass is 32.2. The summed E-state index contributed by atoms with van der Waals surface area (Å²) in [6.07, 6.45) is -0.319. The summed E-state index contributed by atoms with van der Waals surface area (Å²) >= 11 is 0. The summed E-state index contributed by atoms with van der Waals surface area (Å²) in [5.41, 5.74) is -0.399. The molecule has 1 aromatic rings. The van der Waals surface area contributed by atoms with E-state index >= 15 is 0 Å². The van der Waals surface area contributed by atoms with Crippen molar-refractivity contribution in [1.82, 2.24) is 4.72 Å². The lowest BCUT2D eigenvalue weighted by molar-refractivity contribution is 0.177. The normalized spacial score (nSPS) is 11.7. The smallest absolute Gasteiger partial charge is 0.422 e. The number of hydrogen-bond donors (Lipinski definition) is 3. The van der Waals surface area contributed by atoms with Crippen LogP contribution in [0.5, 0.6) is 5.75 Å². The molecule has 11 heteroatoms. The highest BCUT2D eigenvalue weighted by Crippen LogP contribution is 2.26. The van der Waals surface area contributed by atoms with Crippen molar-refractivity contribution >= 4 is 31.8 Å². The van der Waals surface area contributed by atoms with Crippen molar-refractivity contribution in [2.75, 3.05) is 18.1 Å². The molecule has 9 nitrogen and oxygen atoms in total. The number of carbonyl (C=O) groups excluding carboxylic acids is 1. The molecule has 112 valence electrons. The van der Waals surface area contributed by atoms with Gasteiger partial charge in [0.05, 0.1) is 17.7 Å². The van der Waals surface area contributed by atoms with E-state index in [1.165, 1.54) is 4.72 Å². The first-order valence-electron chi connectivity index (χ1n) is 4.97. The van der Waals surface area contributed by atoms with Gasteiger partial charge < -0.3 is 9.84 Å². The molecular weight excluding hydrogens is 312 g/mol. The minimum Gasteiger partial charge on any atom is -0.506 e. The number of amides is 1. The van der Waals surface area contributed by atoms with Gasteiger partial charge in [-0.15, -0.1) is 0 Å². The maximum atomic E-state index is 11.5. The maximum absolute atomic E-state index is 11.5. The zero-order valence-corrected chi connectivity index (χ0v) is 12.1. The van der Waals surface area contributed by atoms with Crippen molar-refractivity contribution in [3.63, 3.8) is 0 Å². The van der Waals surface area contributed by atoms with E-state index in [-0.39, 0.29) is 4.90 Å². The summed E-state index contributed by atoms with van der Waals surface area (Å²) in [4.78, 5) is 10.6. The summed E-state index contributed by atoms with van der Waals surface area (Å²) in [5.74, 6) is -0.507. The Morgan fingerprint density at radius 2 is 1.85 bits per heavy atom. The van der Waals surface area contributed by atoms with Gasteiger partial charge in [0, 0.05) is 6.26 Å². The molecule has 1 rings (SSSR count). The van der Waals surface area contributed by atoms with Crippen molar-refractivity contribution in [2.24, 2.45) is 0 Å². The molecule has 0 saturated heterocycles. The lowest BCUT2D eigenvalue weighted by Crippen LogP contribution is -2.35. The topological polar surface area (TPSA) is 139 Å². The Hall–Kier alpha value is -2.01. The van der Waals surface area contributed by atoms with Crippen LogP contribution in [0.4, 0.5) is 10.5 Å². The first kappa shape index (κ1) is 16.0. The third kappa shape index (κ3) is 4.28. The fourth-order valence-electron chi connectivity index (χ4n) is 1.15. The second-order valence-electron chi connectivity index (χ2n) is 3.65. The van der Waals surface area contributed by atoms with E-state index in [0.29, 0.717) is 0 Å². The van der Waals surface area contributed by atoms with Gasteiger partial charge >= 0.3 is 16.3 Å². The molecule has 0 bridgehead atoms. The Balaban J connectivity index is 3.12. The molecule has 0 aliphatic heterocycles. The molecule has 1 aromatic carbocycles. The zero-order valence-electron chi connectivity index (χ0n) is 10.4. The van der Waals surface area contributed by atoms with Crippen molar-refractivity contribution < 1.29 is 31.5 Å². The number of phenols is 1. The van der Waals surface area contributed by atoms with Crippen LogP contribution in [-0.4, -0.2) is 41.4 Å². The largest absolute Gasteiger partial charge is 0.506 e. The highest BCUT2D eigenvalue weighted by molar-refractivity contribution is 7.91. The van der Waals surface area contributed by atoms with Crippen LogP contribution in [-0.2, 0) is 24.8 Å². The van der Waals surface area contributed by atoms with E-state index in [1.807, 2.05) is 4.72 Å². The van der Waals surface area contributed by atoms with E-state index in [1.54, 1.807) is 0 Å². The van der Waals surface area contributed by atoms with Crippen molar-refractivity contribution in [1.29, 1.82) is 0 Å². The van der Waals surface area contributed by atoms with Gasteiger partial charge in [0.1, 0.15) is 5.75 Å². The number of sulfone groups is 1. The average molecular weight is 324 g/mol. The predicted molar refractivity (Wildman–Crippen MR) is 69.3 cm³/mol. The number of rotatable bonds is 4. The second kappa shape index (κ2) is 5.54. The highest BCUT2D eigenvalue weighted by Gasteiger charge is 2.18. The molecule has 3 N–H and O–H groups in total. The molecule has 0 heterocycles. The van der Waals surface area contributed by atoms with Crippen molar-refractivity contribution in [3.8, 4) is 5.75 Å². The molecule has 0 atom stereocenters. The standard InChI is InChI=1S/C9H12N2O7S2/c1-18-9(13)11-20(16,17)10-7-5-6(19(2,14)15)3-4-8(7)12/h3-5,10,12H,1-2H3,(H,11,13). The first-order valence-corrected chi connectivity index (χ1v) is 8.34. The van der Waals surface area contributed by atoms with Crippen LogP contribution in [0.15, 0.2) is 23.1 Å². The molecule has 0 unspecified atom stereocenters. The number of nitrogens with one attached hydrogen (secondary N) is 2. The predicted octanol–water partition coefficient (Wildman–Crippen LogP) is -0.192. The van der Waals surface area contributed by atoms with Crippen molar-refractivity contribution in [2.45, 2.75) is 4.90 Å². The Bertz CT molecular complexity index is 725. The minimum atomic E-state index is -4.36. The fourth-order valence-corrected chi connectivity index (χ4v) is 2.60. The third-order valence-electron chi connectivity index (χ3n) is 2.04. The quantitative estimate of drug-likeness (QED) is 0.652. The Labute approximate surface area is 115 Å². The molecule has 0 fully saturated rings. The van der Waals surface area contributed by atoms with Crippen LogP contribution in [0.25, 0.3) is 0 Å². The third-order valence-corrected chi connectivity index (χ3v) is 4.08. The average Bonchev–Trinajstić information content (AvgIpc) is 2.29. The molecule has 0 spiro atoms. The van der Waals surface area contributed by atoms with Crippen LogP contribution >= 0.6 is 0 Å². The van der Waals surface area contributed by atoms with Crippen LogP contribution in [0.2, 0.25) is 0 Å². The van der Waals surface area contributed by atoms with Gasteiger partial charge in [-0.1, -0.05) is 0 Å². The van der Waals surface area contributed by atoms with Gasteiger partial charge in [-0.05, 0) is 18.2 Å². The molecular formula is C9H12N2O7S2. The summed E-state index contributed by atoms with van der Waals surface area (Å²) in [6.45, 7) is 0. The summed E-state index contributed by atoms with van der Waals surface area (Å²) < 4.78 is 53.1. The van der Waals surface area contributed by atoms with Gasteiger partial charge in [0.2, 0.25) is 0 Å².